The SMILES string of the molecule is O=S(=O)(O)c1ccc(Nc2nc(Cl)nc(Nc3ccc(S(=O)(=O)O)cc3-c3nc4ccccc4s3)n2)c(-c2nc3ccccc3s2)c1. The number of aromatic nitrogens is 5. The fourth-order valence-electron chi connectivity index (χ4n) is 4.62. The predicted octanol–water partition coefficient (Wildman–Crippen LogP) is 7.06. The highest BCUT2D eigenvalue weighted by Gasteiger charge is 2.20. The zero-order valence-electron chi connectivity index (χ0n) is 23.4. The van der Waals surface area contributed by atoms with E-state index in [1.165, 1.54) is 59.1 Å². The number of anilines is 4. The molecule has 7 aromatic rings. The monoisotopic (exact) mass is 723 g/mol. The Kier molecular flexibility index (Phi) is 7.83. The molecule has 18 heteroatoms. The van der Waals surface area contributed by atoms with E-state index in [2.05, 4.69) is 35.6 Å². The van der Waals surface area contributed by atoms with Crippen molar-refractivity contribution in [3.63, 3.8) is 0 Å². The van der Waals surface area contributed by atoms with Gasteiger partial charge in [-0.3, -0.25) is 9.11 Å². The van der Waals surface area contributed by atoms with Gasteiger partial charge in [0.1, 0.15) is 10.0 Å². The first-order chi connectivity index (χ1) is 22.4. The number of halogens is 1. The molecule has 47 heavy (non-hydrogen) atoms. The lowest BCUT2D eigenvalue weighted by molar-refractivity contribution is 0.481. The molecular weight excluding hydrogens is 706 g/mol. The van der Waals surface area contributed by atoms with Crippen LogP contribution < -0.4 is 10.6 Å². The molecule has 0 radical (unpaired) electrons. The minimum absolute atomic E-state index is 0.0226. The van der Waals surface area contributed by atoms with Crippen molar-refractivity contribution in [2.24, 2.45) is 0 Å². The van der Waals surface area contributed by atoms with E-state index in [1.54, 1.807) is 0 Å². The van der Waals surface area contributed by atoms with Crippen molar-refractivity contribution in [3.05, 3.63) is 90.2 Å². The molecule has 0 spiro atoms. The van der Waals surface area contributed by atoms with Crippen molar-refractivity contribution in [1.29, 1.82) is 0 Å². The van der Waals surface area contributed by atoms with E-state index in [4.69, 9.17) is 11.6 Å². The molecule has 0 fully saturated rings. The Hall–Kier alpha value is -4.62. The van der Waals surface area contributed by atoms with Crippen LogP contribution in [0, 0.1) is 0 Å². The fraction of sp³-hybridized carbons (Fsp3) is 0. The smallest absolute Gasteiger partial charge is 0.294 e. The Morgan fingerprint density at radius 3 is 1.40 bits per heavy atom. The molecule has 4 aromatic carbocycles. The molecule has 0 aliphatic carbocycles. The second-order valence-electron chi connectivity index (χ2n) is 9.84. The van der Waals surface area contributed by atoms with Gasteiger partial charge in [0, 0.05) is 11.1 Å². The molecule has 4 N–H and O–H groups in total. The molecule has 0 unspecified atom stereocenters. The van der Waals surface area contributed by atoms with Crippen molar-refractivity contribution in [2.75, 3.05) is 10.6 Å². The van der Waals surface area contributed by atoms with Crippen LogP contribution in [-0.2, 0) is 20.2 Å². The van der Waals surface area contributed by atoms with Crippen LogP contribution in [0.25, 0.3) is 41.6 Å². The minimum atomic E-state index is -4.53. The molecule has 0 aliphatic rings. The number of hydrogen-bond acceptors (Lipinski definition) is 13. The number of fused-ring (bicyclic) bond motifs is 2. The Morgan fingerprint density at radius 2 is 1.00 bits per heavy atom. The second kappa shape index (κ2) is 11.9. The van der Waals surface area contributed by atoms with Crippen molar-refractivity contribution in [1.82, 2.24) is 24.9 Å². The van der Waals surface area contributed by atoms with Gasteiger partial charge >= 0.3 is 0 Å². The third-order valence-corrected chi connectivity index (χ3v) is 10.7. The number of nitrogens with zero attached hydrogens (tertiary/aromatic N) is 5. The quantitative estimate of drug-likeness (QED) is 0.116. The summed E-state index contributed by atoms with van der Waals surface area (Å²) in [7, 11) is -9.06. The summed E-state index contributed by atoms with van der Waals surface area (Å²) in [5, 5.41) is 6.81. The molecule has 3 heterocycles. The van der Waals surface area contributed by atoms with Gasteiger partial charge in [-0.05, 0) is 72.3 Å². The van der Waals surface area contributed by atoms with Crippen molar-refractivity contribution in [3.8, 4) is 21.1 Å². The molecular formula is C29H18ClN7O6S4. The Bertz CT molecular complexity index is 2340. The van der Waals surface area contributed by atoms with E-state index >= 15 is 0 Å². The zero-order chi connectivity index (χ0) is 32.9. The van der Waals surface area contributed by atoms with Crippen LogP contribution in [-0.4, -0.2) is 50.9 Å². The Balaban J connectivity index is 1.28. The van der Waals surface area contributed by atoms with E-state index in [9.17, 15) is 25.9 Å². The lowest BCUT2D eigenvalue weighted by Gasteiger charge is -2.13. The summed E-state index contributed by atoms with van der Waals surface area (Å²) in [5.41, 5.74) is 2.83. The van der Waals surface area contributed by atoms with Gasteiger partial charge in [0.25, 0.3) is 20.2 Å². The molecule has 0 aliphatic heterocycles. The zero-order valence-corrected chi connectivity index (χ0v) is 27.4. The van der Waals surface area contributed by atoms with Gasteiger partial charge in [-0.2, -0.15) is 31.8 Å². The van der Waals surface area contributed by atoms with Crippen molar-refractivity contribution >= 4 is 98.2 Å². The van der Waals surface area contributed by atoms with Crippen LogP contribution in [0.15, 0.2) is 94.7 Å². The molecule has 0 amide bonds. The van der Waals surface area contributed by atoms with Crippen LogP contribution in [0.3, 0.4) is 0 Å². The third-order valence-electron chi connectivity index (χ3n) is 6.73. The van der Waals surface area contributed by atoms with Gasteiger partial charge in [0.2, 0.25) is 17.2 Å². The first kappa shape index (κ1) is 31.0. The highest BCUT2D eigenvalue weighted by atomic mass is 35.5. The standard InChI is InChI=1S/C29H18ClN7O6S4/c30-27-35-28(33-19-11-9-15(46(38,39)40)13-17(19)25-31-21-5-1-3-7-23(21)44-25)37-29(36-27)34-20-12-10-16(47(41,42)43)14-18(20)26-32-22-6-2-4-8-24(22)45-26/h1-14H,(H,38,39,40)(H,41,42,43)(H2,33,34,35,36,37). The molecule has 13 nitrogen and oxygen atoms in total. The van der Waals surface area contributed by atoms with Gasteiger partial charge < -0.3 is 10.6 Å². The second-order valence-corrected chi connectivity index (χ2v) is 15.1. The highest BCUT2D eigenvalue weighted by molar-refractivity contribution is 7.86. The van der Waals surface area contributed by atoms with E-state index in [-0.39, 0.29) is 27.0 Å². The highest BCUT2D eigenvalue weighted by Crippen LogP contribution is 2.39. The lowest BCUT2D eigenvalue weighted by Crippen LogP contribution is -2.06. The summed E-state index contributed by atoms with van der Waals surface area (Å²) >= 11 is 8.93. The molecule has 0 bridgehead atoms. The van der Waals surface area contributed by atoms with E-state index in [0.717, 1.165) is 9.40 Å². The lowest BCUT2D eigenvalue weighted by atomic mass is 10.2. The number of hydrogen-bond donors (Lipinski definition) is 4. The van der Waals surface area contributed by atoms with Gasteiger partial charge in [-0.25, -0.2) is 9.97 Å². The molecule has 0 atom stereocenters. The van der Waals surface area contributed by atoms with Gasteiger partial charge in [-0.15, -0.1) is 22.7 Å². The number of rotatable bonds is 8. The van der Waals surface area contributed by atoms with Gasteiger partial charge in [0.05, 0.1) is 41.6 Å². The average Bonchev–Trinajstić information content (AvgIpc) is 3.65. The largest absolute Gasteiger partial charge is 0.323 e. The first-order valence-electron chi connectivity index (χ1n) is 13.3. The fourth-order valence-corrected chi connectivity index (χ4v) is 7.78. The van der Waals surface area contributed by atoms with Crippen molar-refractivity contribution < 1.29 is 25.9 Å². The van der Waals surface area contributed by atoms with E-state index in [0.29, 0.717) is 43.6 Å². The maximum absolute atomic E-state index is 12.0. The summed E-state index contributed by atoms with van der Waals surface area (Å²) in [6.45, 7) is 0. The van der Waals surface area contributed by atoms with Crippen LogP contribution in [0.1, 0.15) is 0 Å². The molecule has 0 saturated carbocycles. The average molecular weight is 724 g/mol. The van der Waals surface area contributed by atoms with E-state index < -0.39 is 20.2 Å². The Morgan fingerprint density at radius 1 is 0.574 bits per heavy atom. The maximum atomic E-state index is 12.0. The Labute approximate surface area is 279 Å². The first-order valence-corrected chi connectivity index (χ1v) is 18.2. The summed E-state index contributed by atoms with van der Waals surface area (Å²) in [6.07, 6.45) is 0. The number of thiazole rings is 2. The predicted molar refractivity (Wildman–Crippen MR) is 181 cm³/mol. The van der Waals surface area contributed by atoms with Crippen LogP contribution in [0.4, 0.5) is 23.3 Å². The normalized spacial score (nSPS) is 12.1. The summed E-state index contributed by atoms with van der Waals surface area (Å²) in [4.78, 5) is 21.3. The van der Waals surface area contributed by atoms with Crippen LogP contribution >= 0.6 is 34.3 Å². The summed E-state index contributed by atoms with van der Waals surface area (Å²) in [5.74, 6) is -0.0453. The van der Waals surface area contributed by atoms with Crippen LogP contribution in [0.5, 0.6) is 0 Å². The van der Waals surface area contributed by atoms with Gasteiger partial charge in [-0.1, -0.05) is 24.3 Å². The minimum Gasteiger partial charge on any atom is -0.323 e. The number of para-hydroxylation sites is 2. The summed E-state index contributed by atoms with van der Waals surface area (Å²) in [6, 6.07) is 22.7. The molecule has 7 rings (SSSR count). The number of benzene rings is 4. The molecule has 0 saturated heterocycles. The van der Waals surface area contributed by atoms with Gasteiger partial charge in [0.15, 0.2) is 0 Å². The molecule has 3 aromatic heterocycles. The van der Waals surface area contributed by atoms with E-state index in [1.807, 2.05) is 48.5 Å². The summed E-state index contributed by atoms with van der Waals surface area (Å²) < 4.78 is 69.1. The molecule has 236 valence electrons. The third kappa shape index (κ3) is 6.50. The van der Waals surface area contributed by atoms with Crippen LogP contribution in [0.2, 0.25) is 5.28 Å². The van der Waals surface area contributed by atoms with Crippen molar-refractivity contribution in [2.45, 2.75) is 9.79 Å². The topological polar surface area (TPSA) is 197 Å². The maximum Gasteiger partial charge on any atom is 0.294 e. The number of nitrogens with one attached hydrogen (secondary N) is 2.